The lowest BCUT2D eigenvalue weighted by Crippen LogP contribution is -2.43. The highest BCUT2D eigenvalue weighted by Crippen LogP contribution is 2.21. The van der Waals surface area contributed by atoms with Crippen LogP contribution in [0.15, 0.2) is 34.9 Å². The Kier molecular flexibility index (Phi) is 5.22. The summed E-state index contributed by atoms with van der Waals surface area (Å²) in [5.41, 5.74) is 1.18. The van der Waals surface area contributed by atoms with Gasteiger partial charge in [-0.05, 0) is 44.0 Å². The first-order chi connectivity index (χ1) is 11.6. The summed E-state index contributed by atoms with van der Waals surface area (Å²) < 4.78 is 3.26. The topological polar surface area (TPSA) is 61.1 Å². The van der Waals surface area contributed by atoms with Crippen molar-refractivity contribution in [2.75, 3.05) is 13.1 Å². The summed E-state index contributed by atoms with van der Waals surface area (Å²) in [5.74, 6) is 0.0206. The first-order valence-electron chi connectivity index (χ1n) is 8.25. The zero-order chi connectivity index (χ0) is 17.1. The van der Waals surface area contributed by atoms with Crippen molar-refractivity contribution >= 4 is 32.7 Å². The van der Waals surface area contributed by atoms with Crippen molar-refractivity contribution in [3.63, 3.8) is 0 Å². The van der Waals surface area contributed by atoms with Gasteiger partial charge in [0, 0.05) is 40.7 Å². The smallest absolute Gasteiger partial charge is 0.237 e. The average molecular weight is 389 g/mol. The zero-order valence-corrected chi connectivity index (χ0v) is 15.3. The Morgan fingerprint density at radius 2 is 2.33 bits per heavy atom. The molecule has 1 fully saturated rings. The van der Waals surface area contributed by atoms with Gasteiger partial charge in [-0.1, -0.05) is 15.9 Å². The van der Waals surface area contributed by atoms with Gasteiger partial charge in [-0.25, -0.2) is 0 Å². The van der Waals surface area contributed by atoms with Crippen molar-refractivity contribution in [1.82, 2.24) is 14.8 Å². The molecule has 0 radical (unpaired) electrons. The van der Waals surface area contributed by atoms with E-state index in [0.29, 0.717) is 6.54 Å². The molecule has 0 saturated carbocycles. The fourth-order valence-electron chi connectivity index (χ4n) is 3.25. The quantitative estimate of drug-likeness (QED) is 0.856. The minimum atomic E-state index is -0.249. The summed E-state index contributed by atoms with van der Waals surface area (Å²) in [5, 5.41) is 13.6. The molecule has 1 aromatic heterocycles. The van der Waals surface area contributed by atoms with Gasteiger partial charge >= 0.3 is 0 Å². The van der Waals surface area contributed by atoms with Crippen LogP contribution in [0.5, 0.6) is 0 Å². The van der Waals surface area contributed by atoms with E-state index in [-0.39, 0.29) is 24.5 Å². The highest BCUT2D eigenvalue weighted by atomic mass is 79.9. The van der Waals surface area contributed by atoms with Crippen molar-refractivity contribution in [1.29, 1.82) is 5.26 Å². The number of aromatic nitrogens is 1. The molecule has 1 aromatic carbocycles. The van der Waals surface area contributed by atoms with Crippen molar-refractivity contribution in [2.24, 2.45) is 0 Å². The number of hydrogen-bond acceptors (Lipinski definition) is 3. The SMILES string of the molecule is C[C@@H](Cn1ccc2cc(Br)ccc21)NCC(=O)N1CCC[C@H]1C#N. The Balaban J connectivity index is 1.56. The van der Waals surface area contributed by atoms with E-state index >= 15 is 0 Å². The fraction of sp³-hybridized carbons (Fsp3) is 0.444. The molecule has 126 valence electrons. The molecule has 2 aromatic rings. The molecule has 24 heavy (non-hydrogen) atoms. The van der Waals surface area contributed by atoms with Crippen LogP contribution in [-0.2, 0) is 11.3 Å². The predicted octanol–water partition coefficient (Wildman–Crippen LogP) is 2.90. The van der Waals surface area contributed by atoms with Crippen molar-refractivity contribution in [2.45, 2.75) is 38.4 Å². The van der Waals surface area contributed by atoms with E-state index in [1.54, 1.807) is 4.90 Å². The van der Waals surface area contributed by atoms with Crippen LogP contribution in [0.2, 0.25) is 0 Å². The number of hydrogen-bond donors (Lipinski definition) is 1. The van der Waals surface area contributed by atoms with Gasteiger partial charge in [0.05, 0.1) is 12.6 Å². The lowest BCUT2D eigenvalue weighted by molar-refractivity contribution is -0.130. The third-order valence-corrected chi connectivity index (χ3v) is 5.02. The number of amides is 1. The number of nitrogens with one attached hydrogen (secondary N) is 1. The van der Waals surface area contributed by atoms with Gasteiger partial charge in [-0.3, -0.25) is 4.79 Å². The molecule has 1 aliphatic heterocycles. The highest BCUT2D eigenvalue weighted by molar-refractivity contribution is 9.10. The van der Waals surface area contributed by atoms with Crippen LogP contribution in [-0.4, -0.2) is 40.5 Å². The molecule has 1 amide bonds. The van der Waals surface area contributed by atoms with Crippen LogP contribution >= 0.6 is 15.9 Å². The summed E-state index contributed by atoms with van der Waals surface area (Å²) in [6.45, 7) is 3.85. The fourth-order valence-corrected chi connectivity index (χ4v) is 3.63. The third-order valence-electron chi connectivity index (χ3n) is 4.53. The van der Waals surface area contributed by atoms with Gasteiger partial charge in [-0.2, -0.15) is 5.26 Å². The van der Waals surface area contributed by atoms with E-state index in [9.17, 15) is 4.79 Å². The molecule has 5 nitrogen and oxygen atoms in total. The number of carbonyl (C=O) groups excluding carboxylic acids is 1. The Morgan fingerprint density at radius 3 is 3.12 bits per heavy atom. The van der Waals surface area contributed by atoms with Crippen LogP contribution in [0.4, 0.5) is 0 Å². The number of benzene rings is 1. The monoisotopic (exact) mass is 388 g/mol. The van der Waals surface area contributed by atoms with Crippen LogP contribution in [0.1, 0.15) is 19.8 Å². The van der Waals surface area contributed by atoms with Crippen molar-refractivity contribution < 1.29 is 4.79 Å². The van der Waals surface area contributed by atoms with Gasteiger partial charge in [0.15, 0.2) is 0 Å². The van der Waals surface area contributed by atoms with E-state index < -0.39 is 0 Å². The molecule has 6 heteroatoms. The Bertz CT molecular complexity index is 779. The first kappa shape index (κ1) is 17.0. The summed E-state index contributed by atoms with van der Waals surface area (Å²) in [6.07, 6.45) is 3.79. The largest absolute Gasteiger partial charge is 0.346 e. The second kappa shape index (κ2) is 7.37. The number of nitrogens with zero attached hydrogens (tertiary/aromatic N) is 3. The maximum absolute atomic E-state index is 12.3. The van der Waals surface area contributed by atoms with E-state index in [0.717, 1.165) is 23.9 Å². The molecule has 0 bridgehead atoms. The van der Waals surface area contributed by atoms with E-state index in [1.165, 1.54) is 10.9 Å². The Labute approximate surface area is 150 Å². The lowest BCUT2D eigenvalue weighted by atomic mass is 10.2. The van der Waals surface area contributed by atoms with Crippen molar-refractivity contribution in [3.8, 4) is 6.07 Å². The molecular formula is C18H21BrN4O. The minimum absolute atomic E-state index is 0.0206. The van der Waals surface area contributed by atoms with Gasteiger partial charge in [0.25, 0.3) is 0 Å². The maximum Gasteiger partial charge on any atom is 0.237 e. The third kappa shape index (κ3) is 3.63. The molecule has 2 heterocycles. The minimum Gasteiger partial charge on any atom is -0.346 e. The average Bonchev–Trinajstić information content (AvgIpc) is 3.19. The molecule has 1 N–H and O–H groups in total. The van der Waals surface area contributed by atoms with Crippen LogP contribution < -0.4 is 5.32 Å². The molecular weight excluding hydrogens is 368 g/mol. The molecule has 0 aliphatic carbocycles. The first-order valence-corrected chi connectivity index (χ1v) is 9.04. The second-order valence-corrected chi connectivity index (χ2v) is 7.24. The number of likely N-dealkylation sites (tertiary alicyclic amines) is 1. The molecule has 3 rings (SSSR count). The second-order valence-electron chi connectivity index (χ2n) is 6.33. The highest BCUT2D eigenvalue weighted by Gasteiger charge is 2.28. The van der Waals surface area contributed by atoms with E-state index in [2.05, 4.69) is 63.2 Å². The molecule has 1 aliphatic rings. The molecule has 0 unspecified atom stereocenters. The van der Waals surface area contributed by atoms with Crippen LogP contribution in [0.3, 0.4) is 0 Å². The lowest BCUT2D eigenvalue weighted by Gasteiger charge is -2.21. The zero-order valence-electron chi connectivity index (χ0n) is 13.7. The maximum atomic E-state index is 12.3. The number of carbonyl (C=O) groups is 1. The predicted molar refractivity (Wildman–Crippen MR) is 97.5 cm³/mol. The van der Waals surface area contributed by atoms with Gasteiger partial charge in [0.2, 0.25) is 5.91 Å². The summed E-state index contributed by atoms with van der Waals surface area (Å²) >= 11 is 3.49. The summed E-state index contributed by atoms with van der Waals surface area (Å²) in [7, 11) is 0. The van der Waals surface area contributed by atoms with E-state index in [1.807, 2.05) is 6.07 Å². The van der Waals surface area contributed by atoms with E-state index in [4.69, 9.17) is 5.26 Å². The van der Waals surface area contributed by atoms with Gasteiger partial charge in [0.1, 0.15) is 6.04 Å². The number of rotatable bonds is 5. The number of halogens is 1. The standard InChI is InChI=1S/C18H21BrN4O/c1-13(21-11-18(24)23-7-2-3-16(23)10-20)12-22-8-6-14-9-15(19)4-5-17(14)22/h4-6,8-9,13,16,21H,2-3,7,11-12H2,1H3/t13-,16-/m0/s1. The van der Waals surface area contributed by atoms with Gasteiger partial charge < -0.3 is 14.8 Å². The molecule has 0 spiro atoms. The van der Waals surface area contributed by atoms with Crippen molar-refractivity contribution in [3.05, 3.63) is 34.9 Å². The van der Waals surface area contributed by atoms with Crippen LogP contribution in [0, 0.1) is 11.3 Å². The Hall–Kier alpha value is -1.84. The molecule has 1 saturated heterocycles. The normalized spacial score (nSPS) is 18.7. The van der Waals surface area contributed by atoms with Crippen LogP contribution in [0.25, 0.3) is 10.9 Å². The molecule has 2 atom stereocenters. The summed E-state index contributed by atoms with van der Waals surface area (Å²) in [6, 6.07) is 10.5. The number of fused-ring (bicyclic) bond motifs is 1. The Morgan fingerprint density at radius 1 is 1.50 bits per heavy atom. The summed E-state index contributed by atoms with van der Waals surface area (Å²) in [4.78, 5) is 14.0. The van der Waals surface area contributed by atoms with Gasteiger partial charge in [-0.15, -0.1) is 0 Å². The number of nitriles is 1.